The monoisotopic (exact) mass is 145 g/mol. The van der Waals surface area contributed by atoms with Crippen LogP contribution in [0.4, 0.5) is 11.4 Å². The zero-order valence-corrected chi connectivity index (χ0v) is 6.12. The predicted molar refractivity (Wildman–Crippen MR) is 47.4 cm³/mol. The summed E-state index contributed by atoms with van der Waals surface area (Å²) in [4.78, 5) is 4.22. The van der Waals surface area contributed by atoms with Crippen molar-refractivity contribution >= 4 is 17.6 Å². The van der Waals surface area contributed by atoms with Crippen LogP contribution in [0.1, 0.15) is 0 Å². The van der Waals surface area contributed by atoms with Crippen molar-refractivity contribution in [3.05, 3.63) is 31.2 Å². The molecule has 1 radical (unpaired) electrons. The molecule has 1 unspecified atom stereocenters. The van der Waals surface area contributed by atoms with E-state index in [9.17, 15) is 0 Å². The van der Waals surface area contributed by atoms with E-state index < -0.39 is 0 Å². The molecule has 2 heteroatoms. The van der Waals surface area contributed by atoms with E-state index in [1.807, 2.05) is 30.5 Å². The number of benzene rings is 1. The fourth-order valence-electron chi connectivity index (χ4n) is 1.12. The zero-order chi connectivity index (χ0) is 7.68. The summed E-state index contributed by atoms with van der Waals surface area (Å²) in [5.41, 5.74) is 2.06. The van der Waals surface area contributed by atoms with E-state index in [-0.39, 0.29) is 6.04 Å². The van der Waals surface area contributed by atoms with Gasteiger partial charge < -0.3 is 5.32 Å². The molecule has 0 amide bonds. The maximum Gasteiger partial charge on any atom is 0.0858 e. The van der Waals surface area contributed by atoms with Crippen LogP contribution >= 0.6 is 0 Å². The maximum absolute atomic E-state index is 4.22. The highest BCUT2D eigenvalue weighted by Crippen LogP contribution is 2.26. The molecule has 1 aromatic rings. The van der Waals surface area contributed by atoms with Gasteiger partial charge in [0.1, 0.15) is 0 Å². The Balaban J connectivity index is 2.46. The van der Waals surface area contributed by atoms with Gasteiger partial charge in [-0.25, -0.2) is 0 Å². The number of nitrogens with one attached hydrogen (secondary N) is 1. The Morgan fingerprint density at radius 2 is 2.18 bits per heavy atom. The molecule has 0 spiro atoms. The molecule has 1 aliphatic rings. The largest absolute Gasteiger partial charge is 0.376 e. The van der Waals surface area contributed by atoms with Gasteiger partial charge in [-0.3, -0.25) is 4.99 Å². The third-order valence-corrected chi connectivity index (χ3v) is 1.64. The third kappa shape index (κ3) is 1.11. The summed E-state index contributed by atoms with van der Waals surface area (Å²) in [7, 11) is 0. The van der Waals surface area contributed by atoms with Crippen molar-refractivity contribution in [1.82, 2.24) is 0 Å². The zero-order valence-electron chi connectivity index (χ0n) is 6.12. The molecular formula is C9H9N2. The van der Waals surface area contributed by atoms with Crippen LogP contribution in [0.15, 0.2) is 29.3 Å². The van der Waals surface area contributed by atoms with E-state index in [1.54, 1.807) is 0 Å². The van der Waals surface area contributed by atoms with E-state index in [2.05, 4.69) is 17.2 Å². The summed E-state index contributed by atoms with van der Waals surface area (Å²) < 4.78 is 0. The van der Waals surface area contributed by atoms with Crippen molar-refractivity contribution in [3.63, 3.8) is 0 Å². The highest BCUT2D eigenvalue weighted by Gasteiger charge is 2.07. The summed E-state index contributed by atoms with van der Waals surface area (Å²) in [6.45, 7) is 3.84. The minimum Gasteiger partial charge on any atom is -0.376 e. The minimum absolute atomic E-state index is 0.102. The molecule has 0 fully saturated rings. The van der Waals surface area contributed by atoms with E-state index in [1.165, 1.54) is 0 Å². The third-order valence-electron chi connectivity index (χ3n) is 1.64. The Bertz CT molecular complexity index is 291. The summed E-state index contributed by atoms with van der Waals surface area (Å²) in [5.74, 6) is 0. The molecule has 0 saturated carbocycles. The number of hydrogen-bond donors (Lipinski definition) is 1. The highest BCUT2D eigenvalue weighted by atomic mass is 15.0. The maximum atomic E-state index is 4.22. The fourth-order valence-corrected chi connectivity index (χ4v) is 1.12. The molecule has 2 nitrogen and oxygen atoms in total. The molecular weight excluding hydrogens is 136 g/mol. The first-order valence-corrected chi connectivity index (χ1v) is 3.59. The van der Waals surface area contributed by atoms with Gasteiger partial charge in [-0.1, -0.05) is 12.1 Å². The van der Waals surface area contributed by atoms with E-state index in [0.717, 1.165) is 11.4 Å². The van der Waals surface area contributed by atoms with E-state index >= 15 is 0 Å². The summed E-state index contributed by atoms with van der Waals surface area (Å²) in [5, 5.41) is 3.20. The topological polar surface area (TPSA) is 24.4 Å². The number of anilines is 1. The van der Waals surface area contributed by atoms with Crippen LogP contribution in [0.5, 0.6) is 0 Å². The molecule has 0 bridgehead atoms. The van der Waals surface area contributed by atoms with Crippen LogP contribution in [0.25, 0.3) is 0 Å². The standard InChI is InChI=1S/C9H9N2/c1-7-6-10-8-4-2-3-5-9(8)11-7/h2-7,11H,1H2. The number of rotatable bonds is 0. The summed E-state index contributed by atoms with van der Waals surface area (Å²) >= 11 is 0. The van der Waals surface area contributed by atoms with Gasteiger partial charge in [-0.05, 0) is 19.1 Å². The van der Waals surface area contributed by atoms with Gasteiger partial charge in [0.2, 0.25) is 0 Å². The van der Waals surface area contributed by atoms with E-state index in [0.29, 0.717) is 0 Å². The highest BCUT2D eigenvalue weighted by molar-refractivity contribution is 5.83. The van der Waals surface area contributed by atoms with Crippen LogP contribution < -0.4 is 5.32 Å². The Hall–Kier alpha value is -1.31. The van der Waals surface area contributed by atoms with Gasteiger partial charge in [0.25, 0.3) is 0 Å². The van der Waals surface area contributed by atoms with Crippen molar-refractivity contribution in [1.29, 1.82) is 0 Å². The van der Waals surface area contributed by atoms with Crippen molar-refractivity contribution in [2.75, 3.05) is 5.32 Å². The lowest BCUT2D eigenvalue weighted by Gasteiger charge is -2.16. The average Bonchev–Trinajstić information content (AvgIpc) is 2.04. The van der Waals surface area contributed by atoms with Gasteiger partial charge >= 0.3 is 0 Å². The van der Waals surface area contributed by atoms with Crippen molar-refractivity contribution < 1.29 is 0 Å². The Morgan fingerprint density at radius 3 is 3.09 bits per heavy atom. The molecule has 55 valence electrons. The average molecular weight is 145 g/mol. The quantitative estimate of drug-likeness (QED) is 0.593. The molecule has 1 N–H and O–H groups in total. The number of fused-ring (bicyclic) bond motifs is 1. The first-order chi connectivity index (χ1) is 5.36. The minimum atomic E-state index is 0.102. The van der Waals surface area contributed by atoms with Crippen LogP contribution in [-0.4, -0.2) is 12.3 Å². The molecule has 1 aliphatic heterocycles. The Labute approximate surface area is 66.0 Å². The van der Waals surface area contributed by atoms with Gasteiger partial charge in [-0.15, -0.1) is 0 Å². The van der Waals surface area contributed by atoms with Gasteiger partial charge in [0.05, 0.1) is 17.4 Å². The van der Waals surface area contributed by atoms with Crippen LogP contribution in [0.3, 0.4) is 0 Å². The number of para-hydroxylation sites is 2. The molecule has 1 heterocycles. The number of hydrogen-bond acceptors (Lipinski definition) is 2. The lowest BCUT2D eigenvalue weighted by atomic mass is 10.2. The second-order valence-corrected chi connectivity index (χ2v) is 2.55. The summed E-state index contributed by atoms with van der Waals surface area (Å²) in [6.07, 6.45) is 1.81. The molecule has 0 saturated heterocycles. The van der Waals surface area contributed by atoms with Crippen LogP contribution in [-0.2, 0) is 0 Å². The van der Waals surface area contributed by atoms with Gasteiger partial charge in [0.15, 0.2) is 0 Å². The van der Waals surface area contributed by atoms with Gasteiger partial charge in [-0.2, -0.15) is 0 Å². The normalized spacial score (nSPS) is 20.6. The molecule has 0 aromatic heterocycles. The fraction of sp³-hybridized carbons (Fsp3) is 0.111. The smallest absolute Gasteiger partial charge is 0.0858 e. The van der Waals surface area contributed by atoms with E-state index in [4.69, 9.17) is 0 Å². The van der Waals surface area contributed by atoms with Crippen molar-refractivity contribution in [3.8, 4) is 0 Å². The lowest BCUT2D eigenvalue weighted by molar-refractivity contribution is 1.16. The molecule has 1 aromatic carbocycles. The number of aliphatic imine (C=N–C) groups is 1. The Morgan fingerprint density at radius 1 is 1.36 bits per heavy atom. The summed E-state index contributed by atoms with van der Waals surface area (Å²) in [6, 6.07) is 8.04. The second kappa shape index (κ2) is 2.38. The first kappa shape index (κ1) is 6.40. The molecule has 1 atom stereocenters. The van der Waals surface area contributed by atoms with Gasteiger partial charge in [0, 0.05) is 6.21 Å². The van der Waals surface area contributed by atoms with Crippen molar-refractivity contribution in [2.24, 2.45) is 4.99 Å². The number of nitrogens with zero attached hydrogens (tertiary/aromatic N) is 1. The van der Waals surface area contributed by atoms with Crippen molar-refractivity contribution in [2.45, 2.75) is 6.04 Å². The molecule has 0 aliphatic carbocycles. The Kier molecular flexibility index (Phi) is 1.39. The second-order valence-electron chi connectivity index (χ2n) is 2.55. The molecule has 11 heavy (non-hydrogen) atoms. The SMILES string of the molecule is [CH2]C1C=Nc2ccccc2N1. The molecule has 2 rings (SSSR count). The van der Waals surface area contributed by atoms with Crippen LogP contribution in [0, 0.1) is 6.92 Å². The first-order valence-electron chi connectivity index (χ1n) is 3.59. The predicted octanol–water partition coefficient (Wildman–Crippen LogP) is 2.02. The lowest BCUT2D eigenvalue weighted by Crippen LogP contribution is -2.19. The van der Waals surface area contributed by atoms with Crippen LogP contribution in [0.2, 0.25) is 0 Å².